The fourth-order valence-corrected chi connectivity index (χ4v) is 6.75. The fourth-order valence-electron chi connectivity index (χ4n) is 5.77. The molecule has 17 heteroatoms. The summed E-state index contributed by atoms with van der Waals surface area (Å²) in [6, 6.07) is 21.9. The first kappa shape index (κ1) is 43.2. The number of rotatable bonds is 7. The summed E-state index contributed by atoms with van der Waals surface area (Å²) < 4.78 is 22.8. The SMILES string of the molecule is C/C=C1\CC(=O)Nc2ccc(I)cc2C1=O.COc1ccc(N=C(N)N)cc1OC.COc1ccc(Nc2ncc3c(n2)-c2cc(I)ccc2NC(=O)C3)cc1OC. The van der Waals surface area contributed by atoms with Crippen molar-refractivity contribution >= 4 is 97.4 Å². The van der Waals surface area contributed by atoms with Crippen molar-refractivity contribution in [3.05, 3.63) is 109 Å². The van der Waals surface area contributed by atoms with Gasteiger partial charge in [0.25, 0.3) is 0 Å². The summed E-state index contributed by atoms with van der Waals surface area (Å²) in [6.07, 6.45) is 3.79. The van der Waals surface area contributed by atoms with Gasteiger partial charge >= 0.3 is 0 Å². The van der Waals surface area contributed by atoms with Gasteiger partial charge in [0.1, 0.15) is 0 Å². The van der Waals surface area contributed by atoms with Crippen molar-refractivity contribution in [3.63, 3.8) is 0 Å². The number of Topliss-reactive ketones (excluding diaryl/α,β-unsaturated/α-hetero) is 1. The van der Waals surface area contributed by atoms with Crippen LogP contribution in [0, 0.1) is 7.14 Å². The number of hydrogen-bond acceptors (Lipinski definition) is 11. The average Bonchev–Trinajstić information content (AvgIpc) is 3.42. The predicted octanol–water partition coefficient (Wildman–Crippen LogP) is 7.37. The molecular formula is C41H40I2N8O7. The van der Waals surface area contributed by atoms with Crippen LogP contribution in [0.15, 0.2) is 95.6 Å². The first-order chi connectivity index (χ1) is 27.8. The van der Waals surface area contributed by atoms with Crippen LogP contribution >= 0.6 is 45.2 Å². The molecule has 1 aromatic heterocycles. The summed E-state index contributed by atoms with van der Waals surface area (Å²) in [4.78, 5) is 48.8. The zero-order chi connectivity index (χ0) is 41.9. The molecule has 0 fully saturated rings. The molecule has 5 aromatic rings. The number of allylic oxidation sites excluding steroid dienone is 1. The number of aliphatic imine (C=N–C) groups is 1. The van der Waals surface area contributed by atoms with E-state index in [0.717, 1.165) is 35.3 Å². The highest BCUT2D eigenvalue weighted by Crippen LogP contribution is 2.36. The molecule has 7 N–H and O–H groups in total. The highest BCUT2D eigenvalue weighted by molar-refractivity contribution is 14.1. The molecule has 58 heavy (non-hydrogen) atoms. The second-order valence-corrected chi connectivity index (χ2v) is 14.8. The summed E-state index contributed by atoms with van der Waals surface area (Å²) in [7, 11) is 6.30. The van der Waals surface area contributed by atoms with Crippen molar-refractivity contribution in [2.24, 2.45) is 16.5 Å². The molecule has 0 atom stereocenters. The number of carbonyl (C=O) groups excluding carboxylic acids is 3. The summed E-state index contributed by atoms with van der Waals surface area (Å²) in [5, 5.41) is 8.87. The molecule has 2 aliphatic rings. The zero-order valence-corrected chi connectivity index (χ0v) is 36.4. The second-order valence-electron chi connectivity index (χ2n) is 12.3. The van der Waals surface area contributed by atoms with Crippen LogP contribution in [0.1, 0.15) is 29.3 Å². The molecule has 0 saturated carbocycles. The Kier molecular flexibility index (Phi) is 14.8. The van der Waals surface area contributed by atoms with E-state index < -0.39 is 0 Å². The molecule has 0 bridgehead atoms. The number of amides is 2. The molecule has 300 valence electrons. The number of guanidine groups is 1. The van der Waals surface area contributed by atoms with Crippen molar-refractivity contribution in [3.8, 4) is 34.3 Å². The Bertz CT molecular complexity index is 2420. The Morgan fingerprint density at radius 1 is 0.741 bits per heavy atom. The third kappa shape index (κ3) is 10.9. The molecule has 0 radical (unpaired) electrons. The lowest BCUT2D eigenvalue weighted by molar-refractivity contribution is -0.116. The van der Waals surface area contributed by atoms with E-state index >= 15 is 0 Å². The largest absolute Gasteiger partial charge is 0.493 e. The van der Waals surface area contributed by atoms with Gasteiger partial charge in [0, 0.05) is 53.4 Å². The number of fused-ring (bicyclic) bond motifs is 4. The summed E-state index contributed by atoms with van der Waals surface area (Å²) in [5.74, 6) is 2.65. The van der Waals surface area contributed by atoms with Gasteiger partial charge in [-0.2, -0.15) is 0 Å². The molecule has 4 aromatic carbocycles. The molecule has 0 aliphatic carbocycles. The second kappa shape index (κ2) is 19.9. The molecule has 3 heterocycles. The van der Waals surface area contributed by atoms with Gasteiger partial charge in [-0.15, -0.1) is 0 Å². The number of methoxy groups -OCH3 is 4. The summed E-state index contributed by atoms with van der Waals surface area (Å²) in [5.41, 5.74) is 16.8. The van der Waals surface area contributed by atoms with Gasteiger partial charge in [-0.3, -0.25) is 14.4 Å². The Balaban J connectivity index is 0.000000181. The highest BCUT2D eigenvalue weighted by atomic mass is 127. The van der Waals surface area contributed by atoms with E-state index in [0.29, 0.717) is 51.5 Å². The summed E-state index contributed by atoms with van der Waals surface area (Å²) >= 11 is 4.40. The lowest BCUT2D eigenvalue weighted by Gasteiger charge is -2.12. The maximum atomic E-state index is 12.2. The number of hydrogen-bond donors (Lipinski definition) is 5. The molecule has 15 nitrogen and oxygen atoms in total. The van der Waals surface area contributed by atoms with Crippen LogP contribution in [-0.4, -0.2) is 62.0 Å². The number of benzene rings is 4. The Labute approximate surface area is 362 Å². The van der Waals surface area contributed by atoms with Gasteiger partial charge in [0.15, 0.2) is 34.7 Å². The zero-order valence-electron chi connectivity index (χ0n) is 32.1. The van der Waals surface area contributed by atoms with E-state index in [1.54, 1.807) is 78.0 Å². The van der Waals surface area contributed by atoms with Crippen molar-refractivity contribution in [2.45, 2.75) is 19.8 Å². The maximum Gasteiger partial charge on any atom is 0.228 e. The molecule has 0 spiro atoms. The van der Waals surface area contributed by atoms with Crippen LogP contribution in [0.25, 0.3) is 11.3 Å². The van der Waals surface area contributed by atoms with Gasteiger partial charge in [0.05, 0.1) is 64.0 Å². The third-order valence-corrected chi connectivity index (χ3v) is 9.82. The number of ether oxygens (including phenoxy) is 4. The molecule has 2 aliphatic heterocycles. The minimum atomic E-state index is -0.138. The number of halogens is 2. The lowest BCUT2D eigenvalue weighted by atomic mass is 10.0. The Morgan fingerprint density at radius 2 is 1.31 bits per heavy atom. The molecule has 0 saturated heterocycles. The maximum absolute atomic E-state index is 12.2. The molecular weight excluding hydrogens is 970 g/mol. The number of carbonyl (C=O) groups is 3. The lowest BCUT2D eigenvalue weighted by Crippen LogP contribution is -2.21. The van der Waals surface area contributed by atoms with Crippen LogP contribution in [0.5, 0.6) is 23.0 Å². The van der Waals surface area contributed by atoms with Crippen LogP contribution in [0.4, 0.5) is 28.7 Å². The smallest absolute Gasteiger partial charge is 0.228 e. The number of nitrogens with two attached hydrogens (primary N) is 2. The van der Waals surface area contributed by atoms with E-state index in [4.69, 9.17) is 35.4 Å². The van der Waals surface area contributed by atoms with E-state index in [9.17, 15) is 14.4 Å². The monoisotopic (exact) mass is 1010 g/mol. The highest BCUT2D eigenvalue weighted by Gasteiger charge is 2.24. The Morgan fingerprint density at radius 3 is 1.91 bits per heavy atom. The predicted molar refractivity (Wildman–Crippen MR) is 241 cm³/mol. The van der Waals surface area contributed by atoms with E-state index in [2.05, 4.69) is 71.1 Å². The van der Waals surface area contributed by atoms with Gasteiger partial charge in [-0.25, -0.2) is 15.0 Å². The first-order valence-electron chi connectivity index (χ1n) is 17.4. The third-order valence-electron chi connectivity index (χ3n) is 8.48. The minimum Gasteiger partial charge on any atom is -0.493 e. The first-order valence-corrected chi connectivity index (χ1v) is 19.6. The van der Waals surface area contributed by atoms with Crippen LogP contribution in [0.3, 0.4) is 0 Å². The minimum absolute atomic E-state index is 0.0113. The standard InChI is InChI=1S/C20H17IN4O3.C12H10INO2.C9H13N3O2/c1-27-16-6-4-13(9-17(16)28-2)23-20-22-10-11-7-18(26)24-15-5-3-12(21)8-14(15)19(11)25-20;1-2-7-5-11(15)14-10-4-3-8(13)6-9(10)12(7)16;1-13-7-4-3-6(12-9(10)11)5-8(7)14-2/h3-6,8-10H,7H2,1-2H3,(H,24,26)(H,22,23,25);2-4,6H,5H2,1H3,(H,14,15);3-5H,1-2H3,(H4,10,11,12)/b;7-2+;. The van der Waals surface area contributed by atoms with E-state index in [1.807, 2.05) is 42.5 Å². The van der Waals surface area contributed by atoms with Crippen molar-refractivity contribution < 1.29 is 33.3 Å². The Hall–Kier alpha value is -5.96. The van der Waals surface area contributed by atoms with Gasteiger partial charge in [-0.1, -0.05) is 6.08 Å². The van der Waals surface area contributed by atoms with Crippen molar-refractivity contribution in [1.29, 1.82) is 0 Å². The molecule has 7 rings (SSSR count). The van der Waals surface area contributed by atoms with Crippen LogP contribution < -0.4 is 46.4 Å². The average molecular weight is 1010 g/mol. The van der Waals surface area contributed by atoms with E-state index in [1.165, 1.54) is 0 Å². The normalized spacial score (nSPS) is 13.2. The van der Waals surface area contributed by atoms with E-state index in [-0.39, 0.29) is 36.4 Å². The number of ketones is 1. The molecule has 2 amide bonds. The topological polar surface area (TPSA) is 214 Å². The van der Waals surface area contributed by atoms with Gasteiger partial charge in [0.2, 0.25) is 17.8 Å². The van der Waals surface area contributed by atoms with Crippen molar-refractivity contribution in [1.82, 2.24) is 9.97 Å². The number of nitrogens with zero attached hydrogens (tertiary/aromatic N) is 3. The fraction of sp³-hybridized carbons (Fsp3) is 0.171. The van der Waals surface area contributed by atoms with Gasteiger partial charge in [-0.05, 0) is 113 Å². The van der Waals surface area contributed by atoms with Crippen LogP contribution in [0.2, 0.25) is 0 Å². The van der Waals surface area contributed by atoms with Gasteiger partial charge < -0.3 is 46.4 Å². The number of nitrogens with one attached hydrogen (secondary N) is 3. The molecule has 0 unspecified atom stereocenters. The number of aromatic nitrogens is 2. The number of anilines is 4. The summed E-state index contributed by atoms with van der Waals surface area (Å²) in [6.45, 7) is 1.78. The quantitative estimate of drug-likeness (QED) is 0.0468. The van der Waals surface area contributed by atoms with Crippen molar-refractivity contribution in [2.75, 3.05) is 44.4 Å². The van der Waals surface area contributed by atoms with Crippen LogP contribution in [-0.2, 0) is 16.0 Å².